The Morgan fingerprint density at radius 2 is 1.75 bits per heavy atom. The summed E-state index contributed by atoms with van der Waals surface area (Å²) in [6, 6.07) is 20.5. The number of pyridine rings is 1. The standard InChI is InChI=1S/C17H17N3/c18-11-13-4-3-5-14(10-13)12-19-17-9-8-15-6-1-2-7-16(15)20-17/h1-10H,11-12,18H2,(H,19,20). The number of fused-ring (bicyclic) bond motifs is 1. The van der Waals surface area contributed by atoms with E-state index >= 15 is 0 Å². The van der Waals surface area contributed by atoms with Crippen molar-refractivity contribution >= 4 is 16.7 Å². The highest BCUT2D eigenvalue weighted by molar-refractivity contribution is 5.80. The molecule has 0 saturated heterocycles. The fraction of sp³-hybridized carbons (Fsp3) is 0.118. The quantitative estimate of drug-likeness (QED) is 0.759. The third-order valence-electron chi connectivity index (χ3n) is 3.30. The van der Waals surface area contributed by atoms with Crippen molar-refractivity contribution in [3.05, 3.63) is 71.8 Å². The van der Waals surface area contributed by atoms with E-state index in [0.29, 0.717) is 6.54 Å². The smallest absolute Gasteiger partial charge is 0.126 e. The summed E-state index contributed by atoms with van der Waals surface area (Å²) in [4.78, 5) is 4.60. The predicted octanol–water partition coefficient (Wildman–Crippen LogP) is 3.31. The summed E-state index contributed by atoms with van der Waals surface area (Å²) >= 11 is 0. The van der Waals surface area contributed by atoms with Gasteiger partial charge in [0.25, 0.3) is 0 Å². The van der Waals surface area contributed by atoms with Crippen LogP contribution in [0.5, 0.6) is 0 Å². The molecule has 0 bridgehead atoms. The van der Waals surface area contributed by atoms with Gasteiger partial charge in [0.15, 0.2) is 0 Å². The molecule has 3 heteroatoms. The molecule has 0 saturated carbocycles. The van der Waals surface area contributed by atoms with Gasteiger partial charge in [-0.05, 0) is 29.3 Å². The zero-order valence-electron chi connectivity index (χ0n) is 11.2. The van der Waals surface area contributed by atoms with Crippen molar-refractivity contribution in [1.29, 1.82) is 0 Å². The molecule has 0 unspecified atom stereocenters. The monoisotopic (exact) mass is 263 g/mol. The fourth-order valence-electron chi connectivity index (χ4n) is 2.22. The molecule has 3 N–H and O–H groups in total. The van der Waals surface area contributed by atoms with Crippen LogP contribution in [-0.4, -0.2) is 4.98 Å². The van der Waals surface area contributed by atoms with Crippen LogP contribution in [0.3, 0.4) is 0 Å². The van der Waals surface area contributed by atoms with Crippen LogP contribution in [0.4, 0.5) is 5.82 Å². The second-order valence-corrected chi connectivity index (χ2v) is 4.77. The normalized spacial score (nSPS) is 10.7. The summed E-state index contributed by atoms with van der Waals surface area (Å²) in [5.41, 5.74) is 9.02. The van der Waals surface area contributed by atoms with Gasteiger partial charge in [0.2, 0.25) is 0 Å². The molecule has 3 rings (SSSR count). The van der Waals surface area contributed by atoms with Crippen LogP contribution >= 0.6 is 0 Å². The molecule has 0 aliphatic rings. The van der Waals surface area contributed by atoms with Crippen molar-refractivity contribution in [1.82, 2.24) is 4.98 Å². The van der Waals surface area contributed by atoms with Gasteiger partial charge in [-0.2, -0.15) is 0 Å². The molecule has 1 aromatic heterocycles. The SMILES string of the molecule is NCc1cccc(CNc2ccc3ccccc3n2)c1. The Labute approximate surface area is 118 Å². The summed E-state index contributed by atoms with van der Waals surface area (Å²) in [5.74, 6) is 0.891. The summed E-state index contributed by atoms with van der Waals surface area (Å²) in [7, 11) is 0. The highest BCUT2D eigenvalue weighted by Gasteiger charge is 1.99. The molecule has 1 heterocycles. The van der Waals surface area contributed by atoms with Crippen LogP contribution in [0.15, 0.2) is 60.7 Å². The number of aromatic nitrogens is 1. The van der Waals surface area contributed by atoms with E-state index in [4.69, 9.17) is 5.73 Å². The number of hydrogen-bond donors (Lipinski definition) is 2. The second kappa shape index (κ2) is 5.72. The minimum Gasteiger partial charge on any atom is -0.366 e. The number of nitrogens with zero attached hydrogens (tertiary/aromatic N) is 1. The van der Waals surface area contributed by atoms with Crippen molar-refractivity contribution < 1.29 is 0 Å². The Morgan fingerprint density at radius 3 is 2.65 bits per heavy atom. The van der Waals surface area contributed by atoms with Crippen molar-refractivity contribution in [3.8, 4) is 0 Å². The largest absolute Gasteiger partial charge is 0.366 e. The molecule has 0 fully saturated rings. The number of nitrogens with one attached hydrogen (secondary N) is 1. The molecule has 3 nitrogen and oxygen atoms in total. The van der Waals surface area contributed by atoms with E-state index < -0.39 is 0 Å². The highest BCUT2D eigenvalue weighted by atomic mass is 15.0. The second-order valence-electron chi connectivity index (χ2n) is 4.77. The lowest BCUT2D eigenvalue weighted by Crippen LogP contribution is -2.03. The van der Waals surface area contributed by atoms with Gasteiger partial charge >= 0.3 is 0 Å². The number of anilines is 1. The fourth-order valence-corrected chi connectivity index (χ4v) is 2.22. The summed E-state index contributed by atoms with van der Waals surface area (Å²) in [6.07, 6.45) is 0. The first-order chi connectivity index (χ1) is 9.85. The minimum atomic E-state index is 0.571. The van der Waals surface area contributed by atoms with E-state index in [0.717, 1.165) is 28.8 Å². The summed E-state index contributed by atoms with van der Waals surface area (Å²) in [6.45, 7) is 1.32. The molecule has 0 atom stereocenters. The molecule has 0 spiro atoms. The van der Waals surface area contributed by atoms with Gasteiger partial charge < -0.3 is 11.1 Å². The highest BCUT2D eigenvalue weighted by Crippen LogP contribution is 2.15. The van der Waals surface area contributed by atoms with E-state index in [9.17, 15) is 0 Å². The third kappa shape index (κ3) is 2.78. The minimum absolute atomic E-state index is 0.571. The molecule has 100 valence electrons. The Morgan fingerprint density at radius 1 is 0.900 bits per heavy atom. The van der Waals surface area contributed by atoms with Gasteiger partial charge in [-0.3, -0.25) is 0 Å². The molecule has 0 radical (unpaired) electrons. The molecule has 20 heavy (non-hydrogen) atoms. The van der Waals surface area contributed by atoms with Gasteiger partial charge in [-0.1, -0.05) is 42.5 Å². The Hall–Kier alpha value is -2.39. The zero-order chi connectivity index (χ0) is 13.8. The summed E-state index contributed by atoms with van der Waals surface area (Å²) < 4.78 is 0. The van der Waals surface area contributed by atoms with Gasteiger partial charge in [0, 0.05) is 18.5 Å². The van der Waals surface area contributed by atoms with Gasteiger partial charge in [0.1, 0.15) is 5.82 Å². The number of nitrogens with two attached hydrogens (primary N) is 1. The first kappa shape index (κ1) is 12.6. The molecule has 2 aromatic carbocycles. The maximum absolute atomic E-state index is 5.66. The number of benzene rings is 2. The van der Waals surface area contributed by atoms with Gasteiger partial charge in [0.05, 0.1) is 5.52 Å². The number of hydrogen-bond acceptors (Lipinski definition) is 3. The van der Waals surface area contributed by atoms with Crippen LogP contribution in [0.2, 0.25) is 0 Å². The Kier molecular flexibility index (Phi) is 3.61. The lowest BCUT2D eigenvalue weighted by molar-refractivity contribution is 1.05. The average Bonchev–Trinajstić information content (AvgIpc) is 2.53. The van der Waals surface area contributed by atoms with Gasteiger partial charge in [-0.25, -0.2) is 4.98 Å². The lowest BCUT2D eigenvalue weighted by atomic mass is 10.1. The van der Waals surface area contributed by atoms with E-state index in [-0.39, 0.29) is 0 Å². The summed E-state index contributed by atoms with van der Waals surface area (Å²) in [5, 5.41) is 4.51. The molecular weight excluding hydrogens is 246 g/mol. The van der Waals surface area contributed by atoms with E-state index in [1.54, 1.807) is 0 Å². The third-order valence-corrected chi connectivity index (χ3v) is 3.30. The maximum Gasteiger partial charge on any atom is 0.126 e. The molecular formula is C17H17N3. The average molecular weight is 263 g/mol. The predicted molar refractivity (Wildman–Crippen MR) is 83.4 cm³/mol. The van der Waals surface area contributed by atoms with Gasteiger partial charge in [-0.15, -0.1) is 0 Å². The topological polar surface area (TPSA) is 50.9 Å². The van der Waals surface area contributed by atoms with Crippen LogP contribution in [0, 0.1) is 0 Å². The molecule has 3 aromatic rings. The lowest BCUT2D eigenvalue weighted by Gasteiger charge is -2.08. The van der Waals surface area contributed by atoms with E-state index in [1.165, 1.54) is 5.56 Å². The van der Waals surface area contributed by atoms with Crippen molar-refractivity contribution in [2.45, 2.75) is 13.1 Å². The molecule has 0 amide bonds. The van der Waals surface area contributed by atoms with E-state index in [2.05, 4.69) is 34.6 Å². The van der Waals surface area contributed by atoms with Crippen LogP contribution < -0.4 is 11.1 Å². The Balaban J connectivity index is 1.76. The number of para-hydroxylation sites is 1. The van der Waals surface area contributed by atoms with Crippen LogP contribution in [-0.2, 0) is 13.1 Å². The maximum atomic E-state index is 5.66. The van der Waals surface area contributed by atoms with Crippen molar-refractivity contribution in [2.75, 3.05) is 5.32 Å². The molecule has 0 aliphatic heterocycles. The van der Waals surface area contributed by atoms with Crippen LogP contribution in [0.1, 0.15) is 11.1 Å². The number of rotatable bonds is 4. The Bertz CT molecular complexity index is 722. The first-order valence-corrected chi connectivity index (χ1v) is 6.73. The van der Waals surface area contributed by atoms with Crippen LogP contribution in [0.25, 0.3) is 10.9 Å². The van der Waals surface area contributed by atoms with Crippen molar-refractivity contribution in [2.24, 2.45) is 5.73 Å². The zero-order valence-corrected chi connectivity index (χ0v) is 11.2. The van der Waals surface area contributed by atoms with Crippen molar-refractivity contribution in [3.63, 3.8) is 0 Å². The van der Waals surface area contributed by atoms with E-state index in [1.807, 2.05) is 36.4 Å². The molecule has 0 aliphatic carbocycles. The first-order valence-electron chi connectivity index (χ1n) is 6.73.